The first-order chi connectivity index (χ1) is 18.1. The summed E-state index contributed by atoms with van der Waals surface area (Å²) < 4.78 is 53.8. The van der Waals surface area contributed by atoms with Gasteiger partial charge in [-0.25, -0.2) is 27.8 Å². The Balaban J connectivity index is 1.79. The van der Waals surface area contributed by atoms with Crippen molar-refractivity contribution in [3.63, 3.8) is 0 Å². The fourth-order valence-corrected chi connectivity index (χ4v) is 4.94. The molecule has 0 aliphatic carbocycles. The number of pyridine rings is 2. The number of nitrogens with one attached hydrogen (secondary N) is 3. The summed E-state index contributed by atoms with van der Waals surface area (Å²) in [6.45, 7) is 2.28. The molecule has 0 fully saturated rings. The molecule has 11 nitrogen and oxygen atoms in total. The Kier molecular flexibility index (Phi) is 8.09. The van der Waals surface area contributed by atoms with Crippen LogP contribution < -0.4 is 20.1 Å². The van der Waals surface area contributed by atoms with Crippen LogP contribution in [0.25, 0.3) is 22.2 Å². The number of fused-ring (bicyclic) bond motifs is 1. The van der Waals surface area contributed by atoms with Gasteiger partial charge >= 0.3 is 0 Å². The van der Waals surface area contributed by atoms with E-state index in [1.54, 1.807) is 26.4 Å². The van der Waals surface area contributed by atoms with E-state index in [4.69, 9.17) is 21.1 Å². The Morgan fingerprint density at radius 1 is 1.08 bits per heavy atom. The highest BCUT2D eigenvalue weighted by Gasteiger charge is 2.23. The highest BCUT2D eigenvalue weighted by atomic mass is 35.5. The minimum atomic E-state index is -4.23. The van der Waals surface area contributed by atoms with Crippen LogP contribution in [0.15, 0.2) is 47.6 Å². The van der Waals surface area contributed by atoms with Gasteiger partial charge in [0.05, 0.1) is 23.9 Å². The Labute approximate surface area is 223 Å². The first kappa shape index (κ1) is 27.2. The molecule has 3 heterocycles. The molecule has 38 heavy (non-hydrogen) atoms. The van der Waals surface area contributed by atoms with Crippen LogP contribution in [-0.4, -0.2) is 62.3 Å². The fraction of sp³-hybridized carbons (Fsp3) is 0.250. The van der Waals surface area contributed by atoms with Crippen molar-refractivity contribution in [2.45, 2.75) is 17.9 Å². The number of rotatable bonds is 10. The van der Waals surface area contributed by atoms with Crippen LogP contribution in [0.2, 0.25) is 5.02 Å². The fourth-order valence-electron chi connectivity index (χ4n) is 3.53. The quantitative estimate of drug-likeness (QED) is 0.258. The Hall–Kier alpha value is -3.81. The van der Waals surface area contributed by atoms with Crippen molar-refractivity contribution in [2.24, 2.45) is 0 Å². The standard InChI is InChI=1S/C24H25ClFN7O4S/c1-13(36-3)10-28-22-19(7-15-11-30-24(27-2)32-21(15)31-22)14-5-17(26)9-18(6-14)33-38(34,35)20-8-16(25)12-29-23(20)37-4/h5-9,11-13,33H,10H2,1-4H3,(H2,27,28,30,31,32)/t13-/m1/s1. The average molecular weight is 562 g/mol. The van der Waals surface area contributed by atoms with Crippen molar-refractivity contribution in [2.75, 3.05) is 43.2 Å². The van der Waals surface area contributed by atoms with Crippen LogP contribution >= 0.6 is 11.6 Å². The van der Waals surface area contributed by atoms with E-state index in [0.717, 1.165) is 6.07 Å². The summed E-state index contributed by atoms with van der Waals surface area (Å²) in [7, 11) is 0.327. The maximum Gasteiger partial charge on any atom is 0.267 e. The Bertz CT molecular complexity index is 1590. The molecule has 0 aliphatic heterocycles. The second kappa shape index (κ2) is 11.3. The number of methoxy groups -OCH3 is 2. The van der Waals surface area contributed by atoms with Crippen molar-refractivity contribution in [1.29, 1.82) is 0 Å². The molecule has 3 N–H and O–H groups in total. The molecule has 0 radical (unpaired) electrons. The molecular formula is C24H25ClFN7O4S. The largest absolute Gasteiger partial charge is 0.480 e. The smallest absolute Gasteiger partial charge is 0.267 e. The van der Waals surface area contributed by atoms with Crippen molar-refractivity contribution in [1.82, 2.24) is 19.9 Å². The molecule has 200 valence electrons. The summed E-state index contributed by atoms with van der Waals surface area (Å²) in [5, 5.41) is 6.77. The average Bonchev–Trinajstić information content (AvgIpc) is 2.90. The van der Waals surface area contributed by atoms with Gasteiger partial charge in [0.15, 0.2) is 10.5 Å². The van der Waals surface area contributed by atoms with Gasteiger partial charge in [0.25, 0.3) is 10.0 Å². The number of benzene rings is 1. The van der Waals surface area contributed by atoms with Crippen molar-refractivity contribution in [3.8, 4) is 17.0 Å². The summed E-state index contributed by atoms with van der Waals surface area (Å²) >= 11 is 5.95. The zero-order chi connectivity index (χ0) is 27.4. The highest BCUT2D eigenvalue weighted by molar-refractivity contribution is 7.92. The Morgan fingerprint density at radius 3 is 2.58 bits per heavy atom. The van der Waals surface area contributed by atoms with Gasteiger partial charge < -0.3 is 20.1 Å². The second-order valence-electron chi connectivity index (χ2n) is 8.16. The van der Waals surface area contributed by atoms with Gasteiger partial charge in [0.2, 0.25) is 11.8 Å². The molecule has 0 spiro atoms. The number of sulfonamides is 1. The minimum absolute atomic E-state index is 0.0277. The molecule has 0 unspecified atom stereocenters. The normalized spacial score (nSPS) is 12.3. The van der Waals surface area contributed by atoms with Crippen molar-refractivity contribution < 1.29 is 22.3 Å². The molecule has 0 amide bonds. The maximum atomic E-state index is 14.8. The van der Waals surface area contributed by atoms with E-state index < -0.39 is 15.8 Å². The zero-order valence-electron chi connectivity index (χ0n) is 20.9. The first-order valence-corrected chi connectivity index (χ1v) is 13.1. The van der Waals surface area contributed by atoms with E-state index in [-0.39, 0.29) is 27.6 Å². The summed E-state index contributed by atoms with van der Waals surface area (Å²) in [6, 6.07) is 6.76. The topological polar surface area (TPSA) is 140 Å². The van der Waals surface area contributed by atoms with Gasteiger partial charge in [0, 0.05) is 44.0 Å². The lowest BCUT2D eigenvalue weighted by Gasteiger charge is -2.17. The molecule has 0 saturated carbocycles. The third kappa shape index (κ3) is 6.01. The van der Waals surface area contributed by atoms with Crippen LogP contribution in [-0.2, 0) is 14.8 Å². The van der Waals surface area contributed by atoms with Crippen molar-refractivity contribution >= 4 is 50.1 Å². The molecule has 0 saturated heterocycles. The number of aromatic nitrogens is 4. The van der Waals surface area contributed by atoms with E-state index >= 15 is 0 Å². The van der Waals surface area contributed by atoms with Crippen LogP contribution in [0.3, 0.4) is 0 Å². The number of halogens is 2. The van der Waals surface area contributed by atoms with Crippen LogP contribution in [0.1, 0.15) is 6.92 Å². The van der Waals surface area contributed by atoms with Crippen molar-refractivity contribution in [3.05, 3.63) is 53.6 Å². The summed E-state index contributed by atoms with van der Waals surface area (Å²) in [5.41, 5.74) is 1.25. The van der Waals surface area contributed by atoms with E-state index in [9.17, 15) is 12.8 Å². The Morgan fingerprint density at radius 2 is 1.87 bits per heavy atom. The van der Waals surface area contributed by atoms with E-state index in [2.05, 4.69) is 35.3 Å². The number of hydrogen-bond acceptors (Lipinski definition) is 10. The van der Waals surface area contributed by atoms with E-state index in [0.29, 0.717) is 40.5 Å². The third-order valence-corrected chi connectivity index (χ3v) is 7.06. The van der Waals surface area contributed by atoms with Crippen LogP contribution in [0.5, 0.6) is 5.88 Å². The monoisotopic (exact) mass is 561 g/mol. The molecule has 14 heteroatoms. The molecule has 1 atom stereocenters. The number of ether oxygens (including phenoxy) is 2. The maximum absolute atomic E-state index is 14.8. The van der Waals surface area contributed by atoms with Crippen LogP contribution in [0, 0.1) is 5.82 Å². The number of anilines is 3. The molecule has 4 rings (SSSR count). The lowest BCUT2D eigenvalue weighted by Crippen LogP contribution is -2.19. The lowest BCUT2D eigenvalue weighted by molar-refractivity contribution is 0.128. The number of hydrogen-bond donors (Lipinski definition) is 3. The van der Waals surface area contributed by atoms with Gasteiger partial charge in [-0.05, 0) is 42.8 Å². The molecule has 1 aromatic carbocycles. The van der Waals surface area contributed by atoms with Gasteiger partial charge in [0.1, 0.15) is 11.6 Å². The predicted molar refractivity (Wildman–Crippen MR) is 144 cm³/mol. The SMILES string of the molecule is CNc1ncc2cc(-c3cc(F)cc(NS(=O)(=O)c4cc(Cl)cnc4OC)c3)c(NC[C@@H](C)OC)nc2n1. The minimum Gasteiger partial charge on any atom is -0.480 e. The molecule has 0 aliphatic rings. The molecule has 3 aromatic heterocycles. The first-order valence-electron chi connectivity index (χ1n) is 11.3. The lowest BCUT2D eigenvalue weighted by atomic mass is 10.0. The van der Waals surface area contributed by atoms with Gasteiger partial charge in [-0.15, -0.1) is 0 Å². The zero-order valence-corrected chi connectivity index (χ0v) is 22.5. The van der Waals surface area contributed by atoms with Crippen LogP contribution in [0.4, 0.5) is 21.8 Å². The predicted octanol–water partition coefficient (Wildman–Crippen LogP) is 4.18. The van der Waals surface area contributed by atoms with Gasteiger partial charge in [-0.3, -0.25) is 4.72 Å². The summed E-state index contributed by atoms with van der Waals surface area (Å²) in [5.74, 6) is -0.0315. The highest BCUT2D eigenvalue weighted by Crippen LogP contribution is 2.33. The molecule has 0 bridgehead atoms. The number of nitrogens with zero attached hydrogens (tertiary/aromatic N) is 4. The second-order valence-corrected chi connectivity index (χ2v) is 10.3. The van der Waals surface area contributed by atoms with E-state index in [1.807, 2.05) is 6.92 Å². The van der Waals surface area contributed by atoms with E-state index in [1.165, 1.54) is 31.5 Å². The molecular weight excluding hydrogens is 537 g/mol. The molecule has 4 aromatic rings. The summed E-state index contributed by atoms with van der Waals surface area (Å²) in [4.78, 5) is 16.8. The summed E-state index contributed by atoms with van der Waals surface area (Å²) in [6.07, 6.45) is 2.71. The van der Waals surface area contributed by atoms with Gasteiger partial charge in [-0.2, -0.15) is 4.98 Å². The third-order valence-electron chi connectivity index (χ3n) is 5.48. The van der Waals surface area contributed by atoms with Gasteiger partial charge in [-0.1, -0.05) is 11.6 Å².